The predicted octanol–water partition coefficient (Wildman–Crippen LogP) is 3.73. The number of hydrogen-bond acceptors (Lipinski definition) is 3. The van der Waals surface area contributed by atoms with Crippen molar-refractivity contribution in [2.75, 3.05) is 19.7 Å². The highest BCUT2D eigenvalue weighted by Crippen LogP contribution is 1.93. The lowest BCUT2D eigenvalue weighted by atomic mass is 10.4. The summed E-state index contributed by atoms with van der Waals surface area (Å²) in [7, 11) is 0. The molecule has 0 aliphatic carbocycles. The summed E-state index contributed by atoms with van der Waals surface area (Å²) in [6, 6.07) is 0. The maximum atomic E-state index is 10.1. The Balaban J connectivity index is -0.0000000863. The minimum Gasteiger partial charge on any atom is -0.448 e. The van der Waals surface area contributed by atoms with Gasteiger partial charge in [-0.05, 0) is 6.42 Å². The number of hydrogen-bond donors (Lipinski definition) is 2. The molecule has 2 heterocycles. The summed E-state index contributed by atoms with van der Waals surface area (Å²) in [6.45, 7) is 18.1. The molecule has 2 N–H and O–H groups in total. The molecule has 2 fully saturated rings. The first-order valence-corrected chi connectivity index (χ1v) is 7.96. The molecule has 124 valence electrons. The van der Waals surface area contributed by atoms with Crippen molar-refractivity contribution in [1.29, 1.82) is 0 Å². The number of carbonyl (C=O) groups is 2. The monoisotopic (exact) mass is 292 g/mol. The third kappa shape index (κ3) is 25.6. The van der Waals surface area contributed by atoms with Gasteiger partial charge in [0, 0.05) is 13.0 Å². The SMILES string of the molecule is CC.CC.CC.CC.O=C1CCCN1.O=C1NCCO1. The highest BCUT2D eigenvalue weighted by Gasteiger charge is 2.06. The molecule has 5 nitrogen and oxygen atoms in total. The number of carbonyl (C=O) groups excluding carboxylic acids is 2. The van der Waals surface area contributed by atoms with E-state index in [0.29, 0.717) is 13.2 Å². The molecule has 0 unspecified atom stereocenters. The quantitative estimate of drug-likeness (QED) is 0.715. The molecule has 0 aromatic rings. The van der Waals surface area contributed by atoms with Gasteiger partial charge in [0.1, 0.15) is 6.61 Å². The molecule has 2 amide bonds. The number of nitrogens with one attached hydrogen (secondary N) is 2. The van der Waals surface area contributed by atoms with Crippen LogP contribution in [0, 0.1) is 0 Å². The minimum absolute atomic E-state index is 0.204. The lowest BCUT2D eigenvalue weighted by Crippen LogP contribution is -2.12. The fraction of sp³-hybridized carbons (Fsp3) is 0.867. The van der Waals surface area contributed by atoms with Crippen LogP contribution in [0.2, 0.25) is 0 Å². The van der Waals surface area contributed by atoms with Crippen molar-refractivity contribution in [1.82, 2.24) is 10.6 Å². The van der Waals surface area contributed by atoms with Crippen LogP contribution in [-0.2, 0) is 9.53 Å². The van der Waals surface area contributed by atoms with Crippen molar-refractivity contribution in [2.45, 2.75) is 68.2 Å². The number of rotatable bonds is 0. The van der Waals surface area contributed by atoms with Gasteiger partial charge in [0.15, 0.2) is 0 Å². The number of cyclic esters (lactones) is 1. The summed E-state index contributed by atoms with van der Waals surface area (Å²) < 4.78 is 4.40. The Morgan fingerprint density at radius 2 is 1.30 bits per heavy atom. The first-order chi connectivity index (χ1) is 9.79. The summed E-state index contributed by atoms with van der Waals surface area (Å²) in [6.07, 6.45) is 1.47. The van der Waals surface area contributed by atoms with Crippen molar-refractivity contribution in [3.05, 3.63) is 0 Å². The van der Waals surface area contributed by atoms with Gasteiger partial charge >= 0.3 is 6.09 Å². The van der Waals surface area contributed by atoms with Gasteiger partial charge < -0.3 is 15.4 Å². The molecule has 0 saturated carbocycles. The summed E-state index contributed by atoms with van der Waals surface area (Å²) in [5, 5.41) is 5.14. The Morgan fingerprint density at radius 3 is 1.40 bits per heavy atom. The van der Waals surface area contributed by atoms with E-state index in [1.165, 1.54) is 0 Å². The normalized spacial score (nSPS) is 13.4. The molecule has 2 rings (SSSR count). The van der Waals surface area contributed by atoms with Crippen molar-refractivity contribution in [3.8, 4) is 0 Å². The van der Waals surface area contributed by atoms with Gasteiger partial charge in [0.05, 0.1) is 6.54 Å². The second kappa shape index (κ2) is 30.6. The van der Waals surface area contributed by atoms with Crippen LogP contribution in [0.4, 0.5) is 4.79 Å². The Kier molecular flexibility index (Phi) is 41.6. The molecule has 2 saturated heterocycles. The summed E-state index contributed by atoms with van der Waals surface area (Å²) in [4.78, 5) is 20.0. The van der Waals surface area contributed by atoms with Gasteiger partial charge in [-0.15, -0.1) is 0 Å². The van der Waals surface area contributed by atoms with Crippen LogP contribution >= 0.6 is 0 Å². The van der Waals surface area contributed by atoms with Crippen LogP contribution in [0.15, 0.2) is 0 Å². The van der Waals surface area contributed by atoms with Crippen LogP contribution in [0.5, 0.6) is 0 Å². The van der Waals surface area contributed by atoms with E-state index in [1.807, 2.05) is 55.4 Å². The summed E-state index contributed by atoms with van der Waals surface area (Å²) >= 11 is 0. The fourth-order valence-electron chi connectivity index (χ4n) is 0.913. The molecule has 20 heavy (non-hydrogen) atoms. The smallest absolute Gasteiger partial charge is 0.407 e. The highest BCUT2D eigenvalue weighted by atomic mass is 16.6. The van der Waals surface area contributed by atoms with E-state index >= 15 is 0 Å². The molecule has 0 radical (unpaired) electrons. The van der Waals surface area contributed by atoms with Crippen molar-refractivity contribution >= 4 is 12.0 Å². The second-order valence-corrected chi connectivity index (χ2v) is 2.52. The second-order valence-electron chi connectivity index (χ2n) is 2.52. The van der Waals surface area contributed by atoms with Crippen molar-refractivity contribution in [2.24, 2.45) is 0 Å². The van der Waals surface area contributed by atoms with E-state index in [0.717, 1.165) is 19.4 Å². The van der Waals surface area contributed by atoms with Crippen LogP contribution in [0.1, 0.15) is 68.2 Å². The molecule has 2 aliphatic rings. The molecular formula is C15H36N2O3. The molecule has 0 spiro atoms. The van der Waals surface area contributed by atoms with E-state index in [-0.39, 0.29) is 12.0 Å². The Morgan fingerprint density at radius 1 is 0.800 bits per heavy atom. The van der Waals surface area contributed by atoms with E-state index in [4.69, 9.17) is 0 Å². The van der Waals surface area contributed by atoms with Crippen molar-refractivity contribution in [3.63, 3.8) is 0 Å². The van der Waals surface area contributed by atoms with Crippen LogP contribution in [0.3, 0.4) is 0 Å². The summed E-state index contributed by atoms with van der Waals surface area (Å²) in [5.74, 6) is 0.204. The third-order valence-electron chi connectivity index (χ3n) is 1.51. The van der Waals surface area contributed by atoms with Crippen LogP contribution < -0.4 is 10.6 Å². The highest BCUT2D eigenvalue weighted by molar-refractivity contribution is 5.77. The number of ether oxygens (including phenoxy) is 1. The zero-order valence-electron chi connectivity index (χ0n) is 14.8. The van der Waals surface area contributed by atoms with Gasteiger partial charge in [0.25, 0.3) is 0 Å². The van der Waals surface area contributed by atoms with E-state index < -0.39 is 0 Å². The third-order valence-corrected chi connectivity index (χ3v) is 1.51. The molecule has 0 bridgehead atoms. The molecule has 0 atom stereocenters. The molecule has 2 aliphatic heterocycles. The van der Waals surface area contributed by atoms with Gasteiger partial charge in [-0.25, -0.2) is 4.79 Å². The molecule has 0 aromatic heterocycles. The maximum Gasteiger partial charge on any atom is 0.407 e. The first kappa shape index (κ1) is 27.1. The summed E-state index contributed by atoms with van der Waals surface area (Å²) in [5.41, 5.74) is 0. The van der Waals surface area contributed by atoms with Crippen LogP contribution in [-0.4, -0.2) is 31.7 Å². The lowest BCUT2D eigenvalue weighted by Gasteiger charge is -1.80. The van der Waals surface area contributed by atoms with Crippen molar-refractivity contribution < 1.29 is 14.3 Å². The standard InChI is InChI=1S/C4H7NO.C3H5NO2.4C2H6/c6-4-2-1-3-5-4;5-3-4-1-2-6-3;4*1-2/h1-3H2,(H,5,6);1-2H2,(H,4,5);4*1-2H3. The molecule has 0 aromatic carbocycles. The van der Waals surface area contributed by atoms with Gasteiger partial charge in [-0.1, -0.05) is 55.4 Å². The Bertz CT molecular complexity index is 150. The first-order valence-electron chi connectivity index (χ1n) is 7.96. The topological polar surface area (TPSA) is 67.4 Å². The van der Waals surface area contributed by atoms with E-state index in [2.05, 4.69) is 15.4 Å². The van der Waals surface area contributed by atoms with Gasteiger partial charge in [0.2, 0.25) is 5.91 Å². The number of amides is 2. The zero-order valence-corrected chi connectivity index (χ0v) is 14.8. The average molecular weight is 292 g/mol. The van der Waals surface area contributed by atoms with Gasteiger partial charge in [-0.2, -0.15) is 0 Å². The average Bonchev–Trinajstić information content (AvgIpc) is 3.22. The van der Waals surface area contributed by atoms with Crippen LogP contribution in [0.25, 0.3) is 0 Å². The largest absolute Gasteiger partial charge is 0.448 e. The molecule has 5 heteroatoms. The van der Waals surface area contributed by atoms with E-state index in [9.17, 15) is 9.59 Å². The minimum atomic E-state index is -0.296. The zero-order chi connectivity index (χ0) is 16.8. The fourth-order valence-corrected chi connectivity index (χ4v) is 0.913. The van der Waals surface area contributed by atoms with E-state index in [1.54, 1.807) is 0 Å². The lowest BCUT2D eigenvalue weighted by molar-refractivity contribution is -0.119. The predicted molar refractivity (Wildman–Crippen MR) is 87.0 cm³/mol. The number of alkyl carbamates (subject to hydrolysis) is 1. The molecular weight excluding hydrogens is 256 g/mol. The maximum absolute atomic E-state index is 10.1. The van der Waals surface area contributed by atoms with Gasteiger partial charge in [-0.3, -0.25) is 4.79 Å². The Labute approximate surface area is 125 Å². The Hall–Kier alpha value is -1.26.